The van der Waals surface area contributed by atoms with Crippen LogP contribution in [0.15, 0.2) is 42.6 Å². The maximum absolute atomic E-state index is 13.0. The van der Waals surface area contributed by atoms with E-state index in [1.54, 1.807) is 29.3 Å². The van der Waals surface area contributed by atoms with Gasteiger partial charge in [-0.05, 0) is 26.0 Å². The van der Waals surface area contributed by atoms with Crippen LogP contribution in [-0.4, -0.2) is 70.1 Å². The molecule has 2 aromatic rings. The van der Waals surface area contributed by atoms with Gasteiger partial charge < -0.3 is 19.5 Å². The van der Waals surface area contributed by atoms with Gasteiger partial charge in [0.15, 0.2) is 0 Å². The largest absolute Gasteiger partial charge is 0.381 e. The zero-order valence-corrected chi connectivity index (χ0v) is 20.2. The number of hydrogen-bond donors (Lipinski definition) is 1. The normalized spacial score (nSPS) is 25.4. The first-order valence-corrected chi connectivity index (χ1v) is 12.2. The maximum Gasteiger partial charge on any atom is 0.273 e. The van der Waals surface area contributed by atoms with Gasteiger partial charge >= 0.3 is 0 Å². The van der Waals surface area contributed by atoms with Crippen molar-refractivity contribution in [3.63, 3.8) is 0 Å². The van der Waals surface area contributed by atoms with Crippen LogP contribution in [-0.2, 0) is 16.1 Å². The molecule has 0 bridgehead atoms. The Balaban J connectivity index is 1.22. The molecule has 4 heterocycles. The first-order chi connectivity index (χ1) is 16.4. The van der Waals surface area contributed by atoms with Crippen molar-refractivity contribution in [2.24, 2.45) is 11.8 Å². The Hall–Kier alpha value is -2.68. The smallest absolute Gasteiger partial charge is 0.273 e. The fourth-order valence-electron chi connectivity index (χ4n) is 5.23. The molecule has 3 aliphatic heterocycles. The van der Waals surface area contributed by atoms with Crippen LogP contribution in [0.25, 0.3) is 0 Å². The Labute approximate surface area is 204 Å². The van der Waals surface area contributed by atoms with Crippen LogP contribution in [0.5, 0.6) is 0 Å². The number of para-hydroxylation sites is 1. The molecule has 34 heavy (non-hydrogen) atoms. The molecule has 0 radical (unpaired) electrons. The SMILES string of the molecule is C[C@H](/C=C/C(=O)N1Cc2ncc(C(=O)Nc3ccccc3Cl)n2[C@H](C)C1)N1C[C@H]2COC[C@H]2C1. The van der Waals surface area contributed by atoms with Gasteiger partial charge in [-0.1, -0.05) is 29.8 Å². The lowest BCUT2D eigenvalue weighted by Crippen LogP contribution is -2.41. The lowest BCUT2D eigenvalue weighted by molar-refractivity contribution is -0.128. The second kappa shape index (κ2) is 9.52. The summed E-state index contributed by atoms with van der Waals surface area (Å²) in [6.07, 6.45) is 5.25. The molecule has 0 aliphatic carbocycles. The van der Waals surface area contributed by atoms with Crippen molar-refractivity contribution in [2.75, 3.05) is 38.2 Å². The number of amides is 2. The van der Waals surface area contributed by atoms with Crippen molar-refractivity contribution in [3.05, 3.63) is 59.2 Å². The molecule has 1 aromatic heterocycles. The number of likely N-dealkylation sites (tertiary alicyclic amines) is 1. The lowest BCUT2D eigenvalue weighted by Gasteiger charge is -2.32. The molecule has 0 saturated carbocycles. The zero-order chi connectivity index (χ0) is 23.8. The number of nitrogens with one attached hydrogen (secondary N) is 1. The van der Waals surface area contributed by atoms with Gasteiger partial charge in [0.1, 0.15) is 11.5 Å². The minimum atomic E-state index is -0.270. The number of carbonyl (C=O) groups is 2. The lowest BCUT2D eigenvalue weighted by atomic mass is 10.0. The molecule has 9 heteroatoms. The van der Waals surface area contributed by atoms with E-state index in [0.29, 0.717) is 47.2 Å². The van der Waals surface area contributed by atoms with E-state index < -0.39 is 0 Å². The number of fused-ring (bicyclic) bond motifs is 2. The average Bonchev–Trinajstić information content (AvgIpc) is 3.53. The molecule has 1 N–H and O–H groups in total. The third kappa shape index (κ3) is 4.50. The summed E-state index contributed by atoms with van der Waals surface area (Å²) >= 11 is 6.18. The quantitative estimate of drug-likeness (QED) is 0.660. The van der Waals surface area contributed by atoms with E-state index >= 15 is 0 Å². The van der Waals surface area contributed by atoms with E-state index in [4.69, 9.17) is 16.3 Å². The van der Waals surface area contributed by atoms with Gasteiger partial charge in [0.05, 0.1) is 42.7 Å². The van der Waals surface area contributed by atoms with E-state index in [2.05, 4.69) is 22.1 Å². The Morgan fingerprint density at radius 1 is 1.21 bits per heavy atom. The summed E-state index contributed by atoms with van der Waals surface area (Å²) in [5.41, 5.74) is 1.01. The number of aromatic nitrogens is 2. The number of imidazole rings is 1. The fraction of sp³-hybridized carbons (Fsp3) is 0.480. The summed E-state index contributed by atoms with van der Waals surface area (Å²) in [7, 11) is 0. The third-order valence-corrected chi connectivity index (χ3v) is 7.49. The van der Waals surface area contributed by atoms with Gasteiger partial charge in [-0.3, -0.25) is 14.5 Å². The minimum Gasteiger partial charge on any atom is -0.381 e. The van der Waals surface area contributed by atoms with Crippen molar-refractivity contribution in [1.29, 1.82) is 0 Å². The monoisotopic (exact) mass is 483 g/mol. The molecule has 0 spiro atoms. The van der Waals surface area contributed by atoms with E-state index in [1.807, 2.05) is 29.7 Å². The van der Waals surface area contributed by atoms with Crippen molar-refractivity contribution in [3.8, 4) is 0 Å². The zero-order valence-electron chi connectivity index (χ0n) is 19.5. The highest BCUT2D eigenvalue weighted by atomic mass is 35.5. The van der Waals surface area contributed by atoms with Gasteiger partial charge in [-0.15, -0.1) is 0 Å². The van der Waals surface area contributed by atoms with Crippen LogP contribution in [0, 0.1) is 11.8 Å². The molecule has 2 saturated heterocycles. The number of hydrogen-bond acceptors (Lipinski definition) is 5. The second-order valence-electron chi connectivity index (χ2n) is 9.54. The minimum absolute atomic E-state index is 0.0299. The Bertz CT molecular complexity index is 1100. The van der Waals surface area contributed by atoms with E-state index in [1.165, 1.54) is 0 Å². The predicted octanol–water partition coefficient (Wildman–Crippen LogP) is 3.21. The molecule has 1 aromatic carbocycles. The topological polar surface area (TPSA) is 79.7 Å². The van der Waals surface area contributed by atoms with Crippen LogP contribution in [0.3, 0.4) is 0 Å². The predicted molar refractivity (Wildman–Crippen MR) is 130 cm³/mol. The molecule has 4 atom stereocenters. The van der Waals surface area contributed by atoms with Gasteiger partial charge in [0, 0.05) is 43.6 Å². The summed E-state index contributed by atoms with van der Waals surface area (Å²) in [5.74, 6) is 1.64. The Morgan fingerprint density at radius 3 is 2.68 bits per heavy atom. The van der Waals surface area contributed by atoms with Crippen LogP contribution >= 0.6 is 11.6 Å². The molecule has 8 nitrogen and oxygen atoms in total. The third-order valence-electron chi connectivity index (χ3n) is 7.16. The van der Waals surface area contributed by atoms with E-state index in [9.17, 15) is 9.59 Å². The first-order valence-electron chi connectivity index (χ1n) is 11.8. The van der Waals surface area contributed by atoms with Crippen molar-refractivity contribution in [1.82, 2.24) is 19.4 Å². The molecule has 2 amide bonds. The van der Waals surface area contributed by atoms with Gasteiger partial charge in [-0.25, -0.2) is 4.98 Å². The Morgan fingerprint density at radius 2 is 1.94 bits per heavy atom. The number of benzene rings is 1. The molecular weight excluding hydrogens is 454 g/mol. The van der Waals surface area contributed by atoms with E-state index in [-0.39, 0.29) is 23.9 Å². The number of nitrogens with zero attached hydrogens (tertiary/aromatic N) is 4. The van der Waals surface area contributed by atoms with Crippen LogP contribution in [0.4, 0.5) is 5.69 Å². The fourth-order valence-corrected chi connectivity index (χ4v) is 5.42. The Kier molecular flexibility index (Phi) is 6.46. The number of ether oxygens (including phenoxy) is 1. The number of rotatable bonds is 5. The van der Waals surface area contributed by atoms with Gasteiger partial charge in [-0.2, -0.15) is 0 Å². The maximum atomic E-state index is 13.0. The summed E-state index contributed by atoms with van der Waals surface area (Å²) < 4.78 is 7.47. The van der Waals surface area contributed by atoms with Gasteiger partial charge in [0.2, 0.25) is 5.91 Å². The van der Waals surface area contributed by atoms with Crippen LogP contribution < -0.4 is 5.32 Å². The highest BCUT2D eigenvalue weighted by Gasteiger charge is 2.38. The highest BCUT2D eigenvalue weighted by Crippen LogP contribution is 2.30. The molecular formula is C25H30ClN5O3. The number of carbonyl (C=O) groups excluding carboxylic acids is 2. The van der Waals surface area contributed by atoms with Crippen molar-refractivity contribution in [2.45, 2.75) is 32.5 Å². The highest BCUT2D eigenvalue weighted by molar-refractivity contribution is 6.33. The van der Waals surface area contributed by atoms with Crippen LogP contribution in [0.1, 0.15) is 36.2 Å². The second-order valence-corrected chi connectivity index (χ2v) is 9.95. The molecule has 0 unspecified atom stereocenters. The molecule has 3 aliphatic rings. The number of anilines is 1. The van der Waals surface area contributed by atoms with Gasteiger partial charge in [0.25, 0.3) is 5.91 Å². The van der Waals surface area contributed by atoms with Crippen molar-refractivity contribution < 1.29 is 14.3 Å². The van der Waals surface area contributed by atoms with Crippen molar-refractivity contribution >= 4 is 29.1 Å². The molecule has 5 rings (SSSR count). The summed E-state index contributed by atoms with van der Waals surface area (Å²) in [4.78, 5) is 34.5. The number of halogens is 1. The van der Waals surface area contributed by atoms with Crippen LogP contribution in [0.2, 0.25) is 5.02 Å². The standard InChI is InChI=1S/C25H30ClN5O3/c1-16(29-11-18-14-34-15-19(18)12-29)7-8-24(32)30-10-17(2)31-22(9-27-23(31)13-30)25(33)28-21-6-4-3-5-20(21)26/h3-9,16-19H,10-15H2,1-2H3,(H,28,33)/b8-7+/t16-,17-,18-,19+/m1/s1. The summed E-state index contributed by atoms with van der Waals surface area (Å²) in [6.45, 7) is 8.78. The summed E-state index contributed by atoms with van der Waals surface area (Å²) in [5, 5.41) is 3.33. The first kappa shape index (κ1) is 23.1. The molecule has 180 valence electrons. The summed E-state index contributed by atoms with van der Waals surface area (Å²) in [6, 6.07) is 7.25. The average molecular weight is 484 g/mol. The van der Waals surface area contributed by atoms with E-state index in [0.717, 1.165) is 26.3 Å². The molecule has 2 fully saturated rings.